The molecule has 0 aromatic carbocycles. The zero-order chi connectivity index (χ0) is 12.3. The van der Waals surface area contributed by atoms with E-state index in [0.717, 1.165) is 0 Å². The van der Waals surface area contributed by atoms with Crippen LogP contribution in [0.25, 0.3) is 0 Å². The van der Waals surface area contributed by atoms with Crippen LogP contribution in [0.4, 0.5) is 0 Å². The number of ether oxygens (including phenoxy) is 1. The Morgan fingerprint density at radius 2 is 1.94 bits per heavy atom. The summed E-state index contributed by atoms with van der Waals surface area (Å²) in [5, 5.41) is 30.8. The minimum absolute atomic E-state index is 0. The van der Waals surface area contributed by atoms with E-state index in [1.165, 1.54) is 6.92 Å². The van der Waals surface area contributed by atoms with Gasteiger partial charge in [0.2, 0.25) is 5.91 Å². The van der Waals surface area contributed by atoms with Gasteiger partial charge in [-0.25, -0.2) is 0 Å². The van der Waals surface area contributed by atoms with Gasteiger partial charge in [0, 0.05) is 13.5 Å². The van der Waals surface area contributed by atoms with Crippen molar-refractivity contribution in [3.63, 3.8) is 0 Å². The van der Waals surface area contributed by atoms with Crippen LogP contribution in [0.2, 0.25) is 0 Å². The quantitative estimate of drug-likeness (QED) is 0.382. The van der Waals surface area contributed by atoms with Crippen molar-refractivity contribution in [1.82, 2.24) is 5.32 Å². The van der Waals surface area contributed by atoms with Crippen molar-refractivity contribution in [3.05, 3.63) is 0 Å². The molecule has 7 nitrogen and oxygen atoms in total. The van der Waals surface area contributed by atoms with E-state index in [1.54, 1.807) is 0 Å². The maximum Gasteiger partial charge on any atom is 0.217 e. The molecule has 1 aliphatic heterocycles. The van der Waals surface area contributed by atoms with Gasteiger partial charge in [0.05, 0.1) is 18.8 Å². The highest BCUT2D eigenvalue weighted by Gasteiger charge is 2.43. The molecule has 1 fully saturated rings. The molecule has 1 saturated heterocycles. The average Bonchev–Trinajstić information content (AvgIpc) is 2.25. The SMILES string of the molecule is CC(=O)NC1C(CN)OC(CO)C(O)C1O.Cl. The van der Waals surface area contributed by atoms with Gasteiger partial charge in [-0.05, 0) is 0 Å². The topological polar surface area (TPSA) is 125 Å². The highest BCUT2D eigenvalue weighted by molar-refractivity contribution is 5.85. The highest BCUT2D eigenvalue weighted by atomic mass is 35.5. The van der Waals surface area contributed by atoms with Crippen molar-refractivity contribution < 1.29 is 24.9 Å². The Balaban J connectivity index is 0.00000256. The summed E-state index contributed by atoms with van der Waals surface area (Å²) in [4.78, 5) is 10.9. The molecule has 0 bridgehead atoms. The second kappa shape index (κ2) is 7.10. The van der Waals surface area contributed by atoms with Gasteiger partial charge in [0.1, 0.15) is 18.3 Å². The first kappa shape index (κ1) is 16.6. The number of nitrogens with one attached hydrogen (secondary N) is 1. The fraction of sp³-hybridized carbons (Fsp3) is 0.889. The molecule has 0 spiro atoms. The van der Waals surface area contributed by atoms with Crippen LogP contribution in [0.3, 0.4) is 0 Å². The molecule has 5 unspecified atom stereocenters. The first-order valence-corrected chi connectivity index (χ1v) is 5.10. The molecule has 0 aliphatic carbocycles. The summed E-state index contributed by atoms with van der Waals surface area (Å²) in [6.07, 6.45) is -3.96. The fourth-order valence-electron chi connectivity index (χ4n) is 1.81. The molecule has 1 amide bonds. The van der Waals surface area contributed by atoms with Crippen LogP contribution in [0.5, 0.6) is 0 Å². The summed E-state index contributed by atoms with van der Waals surface area (Å²) in [6, 6.07) is -0.764. The number of hydrogen-bond donors (Lipinski definition) is 5. The van der Waals surface area contributed by atoms with Crippen LogP contribution in [0, 0.1) is 0 Å². The van der Waals surface area contributed by atoms with Crippen LogP contribution < -0.4 is 11.1 Å². The largest absolute Gasteiger partial charge is 0.394 e. The molecule has 8 heteroatoms. The molecule has 0 aromatic rings. The number of carbonyl (C=O) groups is 1. The van der Waals surface area contributed by atoms with Crippen molar-refractivity contribution >= 4 is 18.3 Å². The summed E-state index contributed by atoms with van der Waals surface area (Å²) in [7, 11) is 0. The molecular weight excluding hydrogens is 252 g/mol. The van der Waals surface area contributed by atoms with Crippen molar-refractivity contribution in [3.8, 4) is 0 Å². The predicted molar refractivity (Wildman–Crippen MR) is 61.7 cm³/mol. The van der Waals surface area contributed by atoms with Crippen molar-refractivity contribution in [2.24, 2.45) is 5.73 Å². The summed E-state index contributed by atoms with van der Waals surface area (Å²) in [5.41, 5.74) is 5.44. The van der Waals surface area contributed by atoms with E-state index in [1.807, 2.05) is 0 Å². The van der Waals surface area contributed by atoms with Crippen molar-refractivity contribution in [2.75, 3.05) is 13.2 Å². The van der Waals surface area contributed by atoms with Gasteiger partial charge in [-0.15, -0.1) is 12.4 Å². The third-order valence-corrected chi connectivity index (χ3v) is 2.63. The van der Waals surface area contributed by atoms with Gasteiger partial charge >= 0.3 is 0 Å². The van der Waals surface area contributed by atoms with Gasteiger partial charge in [0.15, 0.2) is 0 Å². The minimum atomic E-state index is -1.25. The number of rotatable bonds is 3. The van der Waals surface area contributed by atoms with Crippen LogP contribution in [-0.2, 0) is 9.53 Å². The zero-order valence-electron chi connectivity index (χ0n) is 9.44. The van der Waals surface area contributed by atoms with E-state index in [2.05, 4.69) is 5.32 Å². The third kappa shape index (κ3) is 3.77. The van der Waals surface area contributed by atoms with E-state index >= 15 is 0 Å². The first-order valence-electron chi connectivity index (χ1n) is 5.10. The second-order valence-corrected chi connectivity index (χ2v) is 3.84. The molecule has 17 heavy (non-hydrogen) atoms. The summed E-state index contributed by atoms with van der Waals surface area (Å²) >= 11 is 0. The lowest BCUT2D eigenvalue weighted by Gasteiger charge is -2.42. The molecule has 1 rings (SSSR count). The Kier molecular flexibility index (Phi) is 6.91. The summed E-state index contributed by atoms with van der Waals surface area (Å²) in [6.45, 7) is 0.956. The number of carbonyl (C=O) groups excluding carboxylic acids is 1. The molecule has 5 atom stereocenters. The number of aliphatic hydroxyl groups is 3. The van der Waals surface area contributed by atoms with Crippen LogP contribution in [0.1, 0.15) is 6.92 Å². The molecular formula is C9H19ClN2O5. The number of aliphatic hydroxyl groups excluding tert-OH is 3. The lowest BCUT2D eigenvalue weighted by Crippen LogP contribution is -2.65. The second-order valence-electron chi connectivity index (χ2n) is 3.84. The standard InChI is InChI=1S/C9H18N2O5.ClH/c1-4(13)11-7-5(2-10)16-6(3-12)8(14)9(7)15;/h5-9,12,14-15H,2-3,10H2,1H3,(H,11,13);1H. The van der Waals surface area contributed by atoms with E-state index in [9.17, 15) is 15.0 Å². The maximum atomic E-state index is 10.9. The Bertz CT molecular complexity index is 254. The molecule has 0 aromatic heterocycles. The fourth-order valence-corrected chi connectivity index (χ4v) is 1.81. The minimum Gasteiger partial charge on any atom is -0.394 e. The molecule has 6 N–H and O–H groups in total. The van der Waals surface area contributed by atoms with Gasteiger partial charge in [-0.2, -0.15) is 0 Å². The monoisotopic (exact) mass is 270 g/mol. The van der Waals surface area contributed by atoms with Gasteiger partial charge in [-0.1, -0.05) is 0 Å². The van der Waals surface area contributed by atoms with Crippen molar-refractivity contribution in [2.45, 2.75) is 37.4 Å². The summed E-state index contributed by atoms with van der Waals surface area (Å²) < 4.78 is 5.28. The number of amides is 1. The third-order valence-electron chi connectivity index (χ3n) is 2.63. The lowest BCUT2D eigenvalue weighted by molar-refractivity contribution is -0.192. The van der Waals surface area contributed by atoms with Gasteiger partial charge in [0.25, 0.3) is 0 Å². The zero-order valence-corrected chi connectivity index (χ0v) is 10.3. The molecule has 0 saturated carbocycles. The normalized spacial score (nSPS) is 37.1. The van der Waals surface area contributed by atoms with Crippen LogP contribution >= 0.6 is 12.4 Å². The molecule has 1 aliphatic rings. The highest BCUT2D eigenvalue weighted by Crippen LogP contribution is 2.20. The predicted octanol–water partition coefficient (Wildman–Crippen LogP) is -2.65. The maximum absolute atomic E-state index is 10.9. The summed E-state index contributed by atoms with van der Waals surface area (Å²) in [5.74, 6) is -0.347. The molecule has 0 radical (unpaired) electrons. The van der Waals surface area contributed by atoms with Gasteiger partial charge in [-0.3, -0.25) is 4.79 Å². The van der Waals surface area contributed by atoms with Crippen LogP contribution in [0.15, 0.2) is 0 Å². The lowest BCUT2D eigenvalue weighted by atomic mass is 9.92. The Morgan fingerprint density at radius 1 is 1.35 bits per heavy atom. The number of nitrogens with two attached hydrogens (primary N) is 1. The average molecular weight is 271 g/mol. The van der Waals surface area contributed by atoms with Crippen LogP contribution in [-0.4, -0.2) is 64.8 Å². The van der Waals surface area contributed by atoms with Gasteiger partial charge < -0.3 is 31.1 Å². The Morgan fingerprint density at radius 3 is 2.35 bits per heavy atom. The van der Waals surface area contributed by atoms with E-state index in [4.69, 9.17) is 15.6 Å². The molecule has 1 heterocycles. The number of hydrogen-bond acceptors (Lipinski definition) is 6. The first-order chi connectivity index (χ1) is 7.51. The number of halogens is 1. The Hall–Kier alpha value is -0.440. The Labute approximate surface area is 105 Å². The van der Waals surface area contributed by atoms with E-state index in [0.29, 0.717) is 0 Å². The van der Waals surface area contributed by atoms with E-state index in [-0.39, 0.29) is 24.9 Å². The smallest absolute Gasteiger partial charge is 0.217 e. The molecule has 102 valence electrons. The van der Waals surface area contributed by atoms with E-state index < -0.39 is 37.1 Å². The van der Waals surface area contributed by atoms with Crippen molar-refractivity contribution in [1.29, 1.82) is 0 Å².